The molecule has 0 aliphatic rings. The number of aromatic nitrogens is 1. The minimum Gasteiger partial charge on any atom is -0.459 e. The van der Waals surface area contributed by atoms with E-state index in [-0.39, 0.29) is 0 Å². The van der Waals surface area contributed by atoms with E-state index in [0.29, 0.717) is 6.42 Å². The monoisotopic (exact) mass is 222 g/mol. The van der Waals surface area contributed by atoms with Crippen molar-refractivity contribution in [3.63, 3.8) is 0 Å². The Hall–Kier alpha value is -1.42. The van der Waals surface area contributed by atoms with Crippen LogP contribution in [0.15, 0.2) is 24.4 Å². The zero-order valence-corrected chi connectivity index (χ0v) is 9.93. The number of esters is 1. The molecule has 4 nitrogen and oxygen atoms in total. The van der Waals surface area contributed by atoms with E-state index in [0.717, 1.165) is 5.69 Å². The van der Waals surface area contributed by atoms with Crippen LogP contribution in [0.25, 0.3) is 0 Å². The maximum Gasteiger partial charge on any atom is 0.323 e. The van der Waals surface area contributed by atoms with Crippen molar-refractivity contribution < 1.29 is 9.53 Å². The second kappa shape index (κ2) is 5.07. The Morgan fingerprint density at radius 1 is 1.50 bits per heavy atom. The fourth-order valence-corrected chi connectivity index (χ4v) is 1.20. The van der Waals surface area contributed by atoms with Gasteiger partial charge >= 0.3 is 5.97 Å². The normalized spacial score (nSPS) is 13.2. The molecule has 4 heteroatoms. The lowest BCUT2D eigenvalue weighted by molar-refractivity contribution is -0.156. The Balaban J connectivity index is 2.53. The van der Waals surface area contributed by atoms with Crippen LogP contribution in [0.1, 0.15) is 26.5 Å². The van der Waals surface area contributed by atoms with E-state index >= 15 is 0 Å². The SMILES string of the molecule is CC(C)(C)OC(=O)[C@@H](N)Cc1ccccn1. The summed E-state index contributed by atoms with van der Waals surface area (Å²) in [6.45, 7) is 5.45. The summed E-state index contributed by atoms with van der Waals surface area (Å²) in [5.41, 5.74) is 6.03. The largest absolute Gasteiger partial charge is 0.459 e. The van der Waals surface area contributed by atoms with Crippen molar-refractivity contribution in [2.45, 2.75) is 38.8 Å². The first-order valence-electron chi connectivity index (χ1n) is 5.27. The molecule has 0 fully saturated rings. The van der Waals surface area contributed by atoms with Crippen LogP contribution >= 0.6 is 0 Å². The van der Waals surface area contributed by atoms with E-state index in [1.54, 1.807) is 6.20 Å². The number of ether oxygens (including phenoxy) is 1. The summed E-state index contributed by atoms with van der Waals surface area (Å²) in [5, 5.41) is 0. The number of nitrogens with two attached hydrogens (primary N) is 1. The quantitative estimate of drug-likeness (QED) is 0.783. The van der Waals surface area contributed by atoms with Crippen molar-refractivity contribution in [2.24, 2.45) is 5.73 Å². The minimum atomic E-state index is -0.658. The van der Waals surface area contributed by atoms with Gasteiger partial charge < -0.3 is 10.5 Å². The Labute approximate surface area is 95.8 Å². The molecule has 0 aromatic carbocycles. The third-order valence-electron chi connectivity index (χ3n) is 1.86. The molecular weight excluding hydrogens is 204 g/mol. The zero-order valence-electron chi connectivity index (χ0n) is 9.93. The predicted octanol–water partition coefficient (Wildman–Crippen LogP) is 1.29. The number of carbonyl (C=O) groups is 1. The Morgan fingerprint density at radius 3 is 2.69 bits per heavy atom. The molecule has 1 heterocycles. The van der Waals surface area contributed by atoms with Crippen LogP contribution in [-0.4, -0.2) is 22.6 Å². The smallest absolute Gasteiger partial charge is 0.323 e. The number of nitrogens with zero attached hydrogens (tertiary/aromatic N) is 1. The number of hydrogen-bond donors (Lipinski definition) is 1. The van der Waals surface area contributed by atoms with Crippen LogP contribution < -0.4 is 5.73 Å². The highest BCUT2D eigenvalue weighted by atomic mass is 16.6. The van der Waals surface area contributed by atoms with E-state index in [2.05, 4.69) is 4.98 Å². The highest BCUT2D eigenvalue weighted by molar-refractivity contribution is 5.76. The zero-order chi connectivity index (χ0) is 12.2. The maximum atomic E-state index is 11.6. The summed E-state index contributed by atoms with van der Waals surface area (Å²) in [6, 6.07) is 4.87. The first-order valence-corrected chi connectivity index (χ1v) is 5.27. The number of hydrogen-bond acceptors (Lipinski definition) is 4. The second-order valence-corrected chi connectivity index (χ2v) is 4.67. The Kier molecular flexibility index (Phi) is 4.01. The summed E-state index contributed by atoms with van der Waals surface area (Å²) < 4.78 is 5.18. The maximum absolute atomic E-state index is 11.6. The fourth-order valence-electron chi connectivity index (χ4n) is 1.20. The third-order valence-corrected chi connectivity index (χ3v) is 1.86. The lowest BCUT2D eigenvalue weighted by atomic mass is 10.1. The molecular formula is C12H18N2O2. The molecule has 0 saturated carbocycles. The third kappa shape index (κ3) is 4.40. The summed E-state index contributed by atoms with van der Waals surface area (Å²) >= 11 is 0. The van der Waals surface area contributed by atoms with Crippen LogP contribution in [0, 0.1) is 0 Å². The molecule has 0 unspecified atom stereocenters. The number of carbonyl (C=O) groups excluding carboxylic acids is 1. The molecule has 2 N–H and O–H groups in total. The van der Waals surface area contributed by atoms with Gasteiger partial charge in [-0.25, -0.2) is 0 Å². The van der Waals surface area contributed by atoms with Gasteiger partial charge in [-0.3, -0.25) is 9.78 Å². The topological polar surface area (TPSA) is 65.2 Å². The highest BCUT2D eigenvalue weighted by Crippen LogP contribution is 2.09. The van der Waals surface area contributed by atoms with Gasteiger partial charge in [0.25, 0.3) is 0 Å². The summed E-state index contributed by atoms with van der Waals surface area (Å²) in [5.74, 6) is -0.391. The molecule has 0 saturated heterocycles. The lowest BCUT2D eigenvalue weighted by Crippen LogP contribution is -2.38. The average Bonchev–Trinajstić information content (AvgIpc) is 2.16. The molecule has 88 valence electrons. The van der Waals surface area contributed by atoms with E-state index in [9.17, 15) is 4.79 Å². The van der Waals surface area contributed by atoms with Crippen LogP contribution in [0.2, 0.25) is 0 Å². The van der Waals surface area contributed by atoms with Gasteiger partial charge in [-0.2, -0.15) is 0 Å². The average molecular weight is 222 g/mol. The van der Waals surface area contributed by atoms with Gasteiger partial charge in [0.2, 0.25) is 0 Å². The molecule has 0 radical (unpaired) electrons. The highest BCUT2D eigenvalue weighted by Gasteiger charge is 2.22. The molecule has 16 heavy (non-hydrogen) atoms. The molecule has 1 atom stereocenters. The second-order valence-electron chi connectivity index (χ2n) is 4.67. The van der Waals surface area contributed by atoms with Gasteiger partial charge in [-0.15, -0.1) is 0 Å². The predicted molar refractivity (Wildman–Crippen MR) is 61.8 cm³/mol. The van der Waals surface area contributed by atoms with Crippen LogP contribution in [0.3, 0.4) is 0 Å². The molecule has 0 aliphatic heterocycles. The van der Waals surface area contributed by atoms with Crippen molar-refractivity contribution >= 4 is 5.97 Å². The van der Waals surface area contributed by atoms with Crippen molar-refractivity contribution in [3.8, 4) is 0 Å². The molecule has 0 amide bonds. The van der Waals surface area contributed by atoms with Crippen LogP contribution in [-0.2, 0) is 16.0 Å². The minimum absolute atomic E-state index is 0.391. The van der Waals surface area contributed by atoms with Crippen LogP contribution in [0.4, 0.5) is 0 Å². The van der Waals surface area contributed by atoms with E-state index in [1.807, 2.05) is 39.0 Å². The first-order chi connectivity index (χ1) is 7.38. The number of pyridine rings is 1. The Morgan fingerprint density at radius 2 is 2.19 bits per heavy atom. The van der Waals surface area contributed by atoms with E-state index < -0.39 is 17.6 Å². The molecule has 1 aromatic rings. The molecule has 1 aromatic heterocycles. The van der Waals surface area contributed by atoms with Crippen LogP contribution in [0.5, 0.6) is 0 Å². The Bertz CT molecular complexity index is 344. The van der Waals surface area contributed by atoms with E-state index in [4.69, 9.17) is 10.5 Å². The van der Waals surface area contributed by atoms with Gasteiger partial charge in [-0.1, -0.05) is 6.07 Å². The molecule has 0 spiro atoms. The number of rotatable bonds is 3. The lowest BCUT2D eigenvalue weighted by Gasteiger charge is -2.22. The van der Waals surface area contributed by atoms with Crippen molar-refractivity contribution in [2.75, 3.05) is 0 Å². The van der Waals surface area contributed by atoms with E-state index in [1.165, 1.54) is 0 Å². The van der Waals surface area contributed by atoms with Gasteiger partial charge in [0.1, 0.15) is 11.6 Å². The van der Waals surface area contributed by atoms with Gasteiger partial charge in [-0.05, 0) is 32.9 Å². The summed E-state index contributed by atoms with van der Waals surface area (Å²) in [7, 11) is 0. The molecule has 1 rings (SSSR count). The fraction of sp³-hybridized carbons (Fsp3) is 0.500. The van der Waals surface area contributed by atoms with Crippen molar-refractivity contribution in [1.29, 1.82) is 0 Å². The van der Waals surface area contributed by atoms with Gasteiger partial charge in [0.15, 0.2) is 0 Å². The standard InChI is InChI=1S/C12H18N2O2/c1-12(2,3)16-11(15)10(13)8-9-6-4-5-7-14-9/h4-7,10H,8,13H2,1-3H3/t10-/m0/s1. The summed E-state index contributed by atoms with van der Waals surface area (Å²) in [4.78, 5) is 15.7. The summed E-state index contributed by atoms with van der Waals surface area (Å²) in [6.07, 6.45) is 2.08. The van der Waals surface area contributed by atoms with Gasteiger partial charge in [0, 0.05) is 18.3 Å². The van der Waals surface area contributed by atoms with Crippen molar-refractivity contribution in [3.05, 3.63) is 30.1 Å². The molecule has 0 bridgehead atoms. The molecule has 0 aliphatic carbocycles. The first kappa shape index (κ1) is 12.6. The van der Waals surface area contributed by atoms with Gasteiger partial charge in [0.05, 0.1) is 0 Å². The van der Waals surface area contributed by atoms with Crippen molar-refractivity contribution in [1.82, 2.24) is 4.98 Å².